The van der Waals surface area contributed by atoms with Crippen molar-refractivity contribution in [2.24, 2.45) is 0 Å². The lowest BCUT2D eigenvalue weighted by atomic mass is 10.1. The van der Waals surface area contributed by atoms with Crippen molar-refractivity contribution in [2.75, 3.05) is 0 Å². The number of carbonyl (C=O) groups excluding carboxylic acids is 1. The standard InChI is InChI=1S/C23H20FN3O/c1-16-12-19(17(2)27(16)22-11-7-6-10-21(22)24)13-20(14-25)23(28)26-15-18-8-4-3-5-9-18/h3-13H,15H2,1-2H3,(H,26,28)/b20-13+. The maximum Gasteiger partial charge on any atom is 0.262 e. The van der Waals surface area contributed by atoms with Crippen molar-refractivity contribution in [3.05, 3.63) is 94.6 Å². The molecule has 0 radical (unpaired) electrons. The van der Waals surface area contributed by atoms with Gasteiger partial charge in [0.15, 0.2) is 0 Å². The van der Waals surface area contributed by atoms with Crippen LogP contribution in [0.5, 0.6) is 0 Å². The van der Waals surface area contributed by atoms with Gasteiger partial charge in [-0.2, -0.15) is 5.26 Å². The molecular weight excluding hydrogens is 353 g/mol. The van der Waals surface area contributed by atoms with Crippen LogP contribution in [0.2, 0.25) is 0 Å². The van der Waals surface area contributed by atoms with Crippen LogP contribution in [0.1, 0.15) is 22.5 Å². The van der Waals surface area contributed by atoms with Crippen molar-refractivity contribution in [2.45, 2.75) is 20.4 Å². The second-order valence-corrected chi connectivity index (χ2v) is 6.45. The normalized spacial score (nSPS) is 11.1. The molecule has 0 unspecified atom stereocenters. The predicted molar refractivity (Wildman–Crippen MR) is 107 cm³/mol. The Balaban J connectivity index is 1.87. The summed E-state index contributed by atoms with van der Waals surface area (Å²) in [6.45, 7) is 4.04. The van der Waals surface area contributed by atoms with Crippen LogP contribution in [0.25, 0.3) is 11.8 Å². The van der Waals surface area contributed by atoms with E-state index in [4.69, 9.17) is 0 Å². The number of para-hydroxylation sites is 1. The zero-order valence-corrected chi connectivity index (χ0v) is 15.7. The van der Waals surface area contributed by atoms with Crippen molar-refractivity contribution in [1.82, 2.24) is 9.88 Å². The first-order valence-corrected chi connectivity index (χ1v) is 8.89. The van der Waals surface area contributed by atoms with E-state index in [2.05, 4.69) is 5.32 Å². The minimum Gasteiger partial charge on any atom is -0.347 e. The van der Waals surface area contributed by atoms with Gasteiger partial charge in [-0.1, -0.05) is 42.5 Å². The molecule has 0 aliphatic rings. The Kier molecular flexibility index (Phi) is 5.71. The molecule has 3 rings (SSSR count). The van der Waals surface area contributed by atoms with E-state index in [-0.39, 0.29) is 11.4 Å². The number of aromatic nitrogens is 1. The average molecular weight is 373 g/mol. The molecule has 140 valence electrons. The van der Waals surface area contributed by atoms with Gasteiger partial charge in [-0.25, -0.2) is 4.39 Å². The highest BCUT2D eigenvalue weighted by Gasteiger charge is 2.15. The fourth-order valence-electron chi connectivity index (χ4n) is 3.12. The molecule has 0 atom stereocenters. The summed E-state index contributed by atoms with van der Waals surface area (Å²) in [7, 11) is 0. The zero-order chi connectivity index (χ0) is 20.1. The SMILES string of the molecule is Cc1cc(/C=C(\C#N)C(=O)NCc2ccccc2)c(C)n1-c1ccccc1F. The summed E-state index contributed by atoms with van der Waals surface area (Å²) in [6.07, 6.45) is 1.54. The quantitative estimate of drug-likeness (QED) is 0.530. The third-order valence-electron chi connectivity index (χ3n) is 4.52. The van der Waals surface area contributed by atoms with Crippen LogP contribution in [0, 0.1) is 31.0 Å². The number of nitriles is 1. The molecule has 5 heteroatoms. The summed E-state index contributed by atoms with van der Waals surface area (Å²) in [5, 5.41) is 12.2. The number of aryl methyl sites for hydroxylation is 1. The number of nitrogens with one attached hydrogen (secondary N) is 1. The van der Waals surface area contributed by atoms with Crippen molar-refractivity contribution < 1.29 is 9.18 Å². The number of hydrogen-bond acceptors (Lipinski definition) is 2. The molecular formula is C23H20FN3O. The second-order valence-electron chi connectivity index (χ2n) is 6.45. The topological polar surface area (TPSA) is 57.8 Å². The molecule has 0 fully saturated rings. The molecule has 1 aromatic heterocycles. The number of hydrogen-bond donors (Lipinski definition) is 1. The zero-order valence-electron chi connectivity index (χ0n) is 15.7. The first-order valence-electron chi connectivity index (χ1n) is 8.89. The Labute approximate surface area is 163 Å². The fraction of sp³-hybridized carbons (Fsp3) is 0.130. The van der Waals surface area contributed by atoms with Crippen molar-refractivity contribution in [1.29, 1.82) is 5.26 Å². The Hall–Kier alpha value is -3.65. The third kappa shape index (κ3) is 4.02. The Morgan fingerprint density at radius 1 is 1.14 bits per heavy atom. The minimum absolute atomic E-state index is 0.00437. The second kappa shape index (κ2) is 8.36. The van der Waals surface area contributed by atoms with Gasteiger partial charge in [-0.05, 0) is 49.2 Å². The largest absolute Gasteiger partial charge is 0.347 e. The van der Waals surface area contributed by atoms with E-state index in [0.29, 0.717) is 17.8 Å². The van der Waals surface area contributed by atoms with Crippen LogP contribution in [0.3, 0.4) is 0 Å². The first kappa shape index (κ1) is 19.1. The van der Waals surface area contributed by atoms with Gasteiger partial charge in [0.1, 0.15) is 17.5 Å². The summed E-state index contributed by atoms with van der Waals surface area (Å²) < 4.78 is 16.0. The highest BCUT2D eigenvalue weighted by Crippen LogP contribution is 2.24. The van der Waals surface area contributed by atoms with Crippen LogP contribution < -0.4 is 5.32 Å². The van der Waals surface area contributed by atoms with Crippen molar-refractivity contribution in [3.8, 4) is 11.8 Å². The van der Waals surface area contributed by atoms with Gasteiger partial charge in [0.05, 0.1) is 5.69 Å². The number of halogens is 1. The summed E-state index contributed by atoms with van der Waals surface area (Å²) in [6, 6.07) is 19.8. The van der Waals surface area contributed by atoms with E-state index in [9.17, 15) is 14.4 Å². The van der Waals surface area contributed by atoms with Gasteiger partial charge in [-0.3, -0.25) is 4.79 Å². The molecule has 0 aliphatic carbocycles. The van der Waals surface area contributed by atoms with Crippen LogP contribution in [0.15, 0.2) is 66.2 Å². The molecule has 0 saturated carbocycles. The molecule has 4 nitrogen and oxygen atoms in total. The molecule has 0 saturated heterocycles. The molecule has 1 heterocycles. The van der Waals surface area contributed by atoms with Gasteiger partial charge < -0.3 is 9.88 Å². The lowest BCUT2D eigenvalue weighted by Gasteiger charge is -2.10. The third-order valence-corrected chi connectivity index (χ3v) is 4.52. The van der Waals surface area contributed by atoms with E-state index in [1.54, 1.807) is 28.8 Å². The van der Waals surface area contributed by atoms with Gasteiger partial charge in [-0.15, -0.1) is 0 Å². The van der Waals surface area contributed by atoms with Gasteiger partial charge in [0, 0.05) is 17.9 Å². The highest BCUT2D eigenvalue weighted by molar-refractivity contribution is 6.01. The maximum atomic E-state index is 14.2. The molecule has 1 N–H and O–H groups in total. The molecule has 28 heavy (non-hydrogen) atoms. The van der Waals surface area contributed by atoms with Crippen LogP contribution in [-0.2, 0) is 11.3 Å². The lowest BCUT2D eigenvalue weighted by Crippen LogP contribution is -2.23. The summed E-state index contributed by atoms with van der Waals surface area (Å²) in [5.41, 5.74) is 3.66. The van der Waals surface area contributed by atoms with Crippen LogP contribution >= 0.6 is 0 Å². The first-order chi connectivity index (χ1) is 13.5. The average Bonchev–Trinajstić information content (AvgIpc) is 2.98. The smallest absolute Gasteiger partial charge is 0.262 e. The van der Waals surface area contributed by atoms with E-state index < -0.39 is 5.91 Å². The van der Waals surface area contributed by atoms with E-state index in [0.717, 1.165) is 17.0 Å². The lowest BCUT2D eigenvalue weighted by molar-refractivity contribution is -0.117. The Morgan fingerprint density at radius 2 is 1.82 bits per heavy atom. The summed E-state index contributed by atoms with van der Waals surface area (Å²) in [4.78, 5) is 12.4. The van der Waals surface area contributed by atoms with E-state index in [1.807, 2.05) is 56.3 Å². The van der Waals surface area contributed by atoms with Crippen molar-refractivity contribution >= 4 is 12.0 Å². The molecule has 0 aliphatic heterocycles. The van der Waals surface area contributed by atoms with Gasteiger partial charge in [0.25, 0.3) is 5.91 Å². The number of benzene rings is 2. The number of nitrogens with zero attached hydrogens (tertiary/aromatic N) is 2. The van der Waals surface area contributed by atoms with E-state index >= 15 is 0 Å². The Bertz CT molecular complexity index is 1070. The number of amides is 1. The summed E-state index contributed by atoms with van der Waals surface area (Å²) in [5.74, 6) is -0.775. The molecule has 3 aromatic rings. The van der Waals surface area contributed by atoms with Gasteiger partial charge in [0.2, 0.25) is 0 Å². The fourth-order valence-corrected chi connectivity index (χ4v) is 3.12. The van der Waals surface area contributed by atoms with Crippen molar-refractivity contribution in [3.63, 3.8) is 0 Å². The molecule has 2 aromatic carbocycles. The van der Waals surface area contributed by atoms with E-state index in [1.165, 1.54) is 6.07 Å². The predicted octanol–water partition coefficient (Wildman–Crippen LogP) is 4.46. The monoisotopic (exact) mass is 373 g/mol. The summed E-state index contributed by atoms with van der Waals surface area (Å²) >= 11 is 0. The maximum absolute atomic E-state index is 14.2. The number of carbonyl (C=O) groups is 1. The van der Waals surface area contributed by atoms with Crippen LogP contribution in [0.4, 0.5) is 4.39 Å². The van der Waals surface area contributed by atoms with Gasteiger partial charge >= 0.3 is 0 Å². The minimum atomic E-state index is -0.443. The molecule has 0 spiro atoms. The van der Waals surface area contributed by atoms with Crippen LogP contribution in [-0.4, -0.2) is 10.5 Å². The number of rotatable bonds is 5. The Morgan fingerprint density at radius 3 is 2.50 bits per heavy atom. The highest BCUT2D eigenvalue weighted by atomic mass is 19.1. The molecule has 0 bridgehead atoms. The molecule has 1 amide bonds.